The molecule has 0 atom stereocenters. The van der Waals surface area contributed by atoms with Crippen molar-refractivity contribution in [3.05, 3.63) is 0 Å². The molecule has 1 heteroatoms. The van der Waals surface area contributed by atoms with Gasteiger partial charge in [0.15, 0.2) is 0 Å². The molecule has 0 aromatic carbocycles. The highest BCUT2D eigenvalue weighted by Crippen LogP contribution is 2.29. The van der Waals surface area contributed by atoms with Gasteiger partial charge in [0, 0.05) is 0 Å². The van der Waals surface area contributed by atoms with Crippen LogP contribution in [0.15, 0.2) is 0 Å². The normalized spacial score (nSPS) is 5.08. The maximum atomic E-state index is 4.94. The molecule has 0 unspecified atom stereocenters. The van der Waals surface area contributed by atoms with Crippen molar-refractivity contribution in [2.45, 2.75) is 0 Å². The zero-order chi connectivity index (χ0) is 9.94. The van der Waals surface area contributed by atoms with Crippen LogP contribution in [-0.4, -0.2) is 0 Å². The Labute approximate surface area is 80.2 Å². The average molecular weight is 178 g/mol. The lowest BCUT2D eigenvalue weighted by Crippen LogP contribution is -1.60. The fourth-order valence-corrected chi connectivity index (χ4v) is 1.05. The number of hydrogen-bond donors (Lipinski definition) is 0. The Balaban J connectivity index is 4.73. The molecule has 0 aromatic rings. The molecule has 0 spiro atoms. The summed E-state index contributed by atoms with van der Waals surface area (Å²) in [5, 5.41) is 0. The van der Waals surface area contributed by atoms with E-state index in [1.54, 1.807) is 0 Å². The van der Waals surface area contributed by atoms with E-state index in [4.69, 9.17) is 19.3 Å². The first-order valence-electron chi connectivity index (χ1n) is 3.04. The number of rotatable bonds is 0. The van der Waals surface area contributed by atoms with Crippen LogP contribution in [0.3, 0.4) is 0 Å². The fraction of sp³-hybridized carbons (Fsp3) is 0. The van der Waals surface area contributed by atoms with Crippen LogP contribution in [-0.2, 0) is 0 Å². The second-order valence-electron chi connectivity index (χ2n) is 1.48. The Bertz CT molecular complexity index is 394. The average Bonchev–Trinajstić information content (AvgIpc) is 2.17. The van der Waals surface area contributed by atoms with Crippen molar-refractivity contribution in [3.8, 4) is 71.8 Å². The van der Waals surface area contributed by atoms with Crippen molar-refractivity contribution >= 4 is 7.92 Å². The second kappa shape index (κ2) is 7.89. The zero-order valence-electron chi connectivity index (χ0n) is 6.68. The molecule has 0 saturated carbocycles. The first-order valence-corrected chi connectivity index (χ1v) is 4.38. The zero-order valence-corrected chi connectivity index (χ0v) is 7.57. The highest BCUT2D eigenvalue weighted by molar-refractivity contribution is 7.72. The summed E-state index contributed by atoms with van der Waals surface area (Å²) in [6.07, 6.45) is 14.8. The van der Waals surface area contributed by atoms with Gasteiger partial charge in [0.25, 0.3) is 0 Å². The molecule has 0 bridgehead atoms. The lowest BCUT2D eigenvalue weighted by atomic mass is 10.7. The minimum absolute atomic E-state index is 1.09. The minimum atomic E-state index is -1.09. The van der Waals surface area contributed by atoms with Crippen molar-refractivity contribution < 1.29 is 0 Å². The molecule has 0 aliphatic rings. The summed E-state index contributed by atoms with van der Waals surface area (Å²) >= 11 is 0. The highest BCUT2D eigenvalue weighted by Gasteiger charge is 1.91. The summed E-state index contributed by atoms with van der Waals surface area (Å²) < 4.78 is 0. The summed E-state index contributed by atoms with van der Waals surface area (Å²) in [7, 11) is -1.09. The first-order chi connectivity index (χ1) is 6.35. The lowest BCUT2D eigenvalue weighted by Gasteiger charge is -1.84. The van der Waals surface area contributed by atoms with Gasteiger partial charge in [-0.25, -0.2) is 0 Å². The molecule has 0 rings (SSSR count). The van der Waals surface area contributed by atoms with E-state index in [0.717, 1.165) is 0 Å². The van der Waals surface area contributed by atoms with Gasteiger partial charge >= 0.3 is 0 Å². The fourth-order valence-electron chi connectivity index (χ4n) is 0.348. The molecule has 0 fully saturated rings. The molecule has 0 saturated heterocycles. The van der Waals surface area contributed by atoms with Crippen molar-refractivity contribution in [3.63, 3.8) is 0 Å². The maximum Gasteiger partial charge on any atom is 0.130 e. The van der Waals surface area contributed by atoms with Gasteiger partial charge in [-0.3, -0.25) is 0 Å². The van der Waals surface area contributed by atoms with Crippen LogP contribution >= 0.6 is 7.92 Å². The Morgan fingerprint density at radius 1 is 0.615 bits per heavy atom. The van der Waals surface area contributed by atoms with Gasteiger partial charge in [0.05, 0.1) is 0 Å². The quantitative estimate of drug-likeness (QED) is 0.387. The van der Waals surface area contributed by atoms with E-state index >= 15 is 0 Å². The van der Waals surface area contributed by atoms with E-state index in [-0.39, 0.29) is 0 Å². The van der Waals surface area contributed by atoms with Crippen molar-refractivity contribution in [1.82, 2.24) is 0 Å². The Morgan fingerprint density at radius 2 is 0.923 bits per heavy atom. The van der Waals surface area contributed by atoms with E-state index in [0.29, 0.717) is 0 Å². The van der Waals surface area contributed by atoms with E-state index in [9.17, 15) is 0 Å². The summed E-state index contributed by atoms with van der Waals surface area (Å²) in [4.78, 5) is 0. The Morgan fingerprint density at radius 3 is 1.15 bits per heavy atom. The molecule has 0 aromatic heterocycles. The van der Waals surface area contributed by atoms with Crippen LogP contribution in [0, 0.1) is 71.8 Å². The smallest absolute Gasteiger partial charge is 0.106 e. The van der Waals surface area contributed by atoms with E-state index < -0.39 is 7.92 Å². The molecule has 0 aliphatic heterocycles. The molecule has 0 nitrogen and oxygen atoms in total. The number of terminal acetylenes is 3. The molecule has 56 valence electrons. The van der Waals surface area contributed by atoms with Gasteiger partial charge in [-0.15, -0.1) is 19.3 Å². The lowest BCUT2D eigenvalue weighted by molar-refractivity contribution is 2.52. The third-order valence-electron chi connectivity index (χ3n) is 0.720. The summed E-state index contributed by atoms with van der Waals surface area (Å²) in [5.74, 6) is 13.8. The third kappa shape index (κ3) is 6.20. The van der Waals surface area contributed by atoms with Crippen LogP contribution in [0.5, 0.6) is 0 Å². The SMILES string of the molecule is C#CC#CP(C#CC#C)C#CC#C. The van der Waals surface area contributed by atoms with Gasteiger partial charge in [0.1, 0.15) is 7.92 Å². The summed E-state index contributed by atoms with van der Waals surface area (Å²) in [5.41, 5.74) is 8.04. The van der Waals surface area contributed by atoms with E-state index in [2.05, 4.69) is 52.5 Å². The third-order valence-corrected chi connectivity index (χ3v) is 1.73. The molecule has 0 radical (unpaired) electrons. The van der Waals surface area contributed by atoms with Crippen LogP contribution in [0.4, 0.5) is 0 Å². The van der Waals surface area contributed by atoms with Crippen LogP contribution in [0.1, 0.15) is 0 Å². The maximum absolute atomic E-state index is 4.94. The monoisotopic (exact) mass is 178 g/mol. The second-order valence-corrected chi connectivity index (χ2v) is 2.82. The van der Waals surface area contributed by atoms with Crippen molar-refractivity contribution in [2.75, 3.05) is 0 Å². The molecular formula is C12H3P. The van der Waals surface area contributed by atoms with E-state index in [1.807, 2.05) is 0 Å². The van der Waals surface area contributed by atoms with Crippen LogP contribution in [0.2, 0.25) is 0 Å². The molecule has 0 aliphatic carbocycles. The molecule has 13 heavy (non-hydrogen) atoms. The molecular weight excluding hydrogens is 175 g/mol. The Kier molecular flexibility index (Phi) is 6.55. The predicted molar refractivity (Wildman–Crippen MR) is 56.7 cm³/mol. The van der Waals surface area contributed by atoms with Crippen molar-refractivity contribution in [1.29, 1.82) is 0 Å². The largest absolute Gasteiger partial charge is 0.130 e. The van der Waals surface area contributed by atoms with Gasteiger partial charge < -0.3 is 0 Å². The summed E-state index contributed by atoms with van der Waals surface area (Å²) in [6, 6.07) is 0. The van der Waals surface area contributed by atoms with Crippen LogP contribution in [0.25, 0.3) is 0 Å². The first kappa shape index (κ1) is 10.8. The van der Waals surface area contributed by atoms with E-state index in [1.165, 1.54) is 0 Å². The van der Waals surface area contributed by atoms with Gasteiger partial charge in [-0.1, -0.05) is 0 Å². The minimum Gasteiger partial charge on any atom is -0.106 e. The van der Waals surface area contributed by atoms with Gasteiger partial charge in [-0.2, -0.15) is 0 Å². The van der Waals surface area contributed by atoms with Crippen LogP contribution < -0.4 is 0 Å². The van der Waals surface area contributed by atoms with Gasteiger partial charge in [0.2, 0.25) is 0 Å². The Hall–Kier alpha value is -2.21. The number of hydrogen-bond acceptors (Lipinski definition) is 0. The predicted octanol–water partition coefficient (Wildman–Crippen LogP) is 1.25. The molecule has 0 amide bonds. The molecule has 0 heterocycles. The summed E-state index contributed by atoms with van der Waals surface area (Å²) in [6.45, 7) is 0. The topological polar surface area (TPSA) is 0 Å². The highest BCUT2D eigenvalue weighted by atomic mass is 31.1. The standard InChI is InChI=1S/C12H3P/c1-4-7-10-13(11-8-5-2)12-9-6-3/h1-3H. The van der Waals surface area contributed by atoms with Crippen molar-refractivity contribution in [2.24, 2.45) is 0 Å². The van der Waals surface area contributed by atoms with Gasteiger partial charge in [-0.05, 0) is 52.5 Å². The molecule has 0 N–H and O–H groups in total.